The van der Waals surface area contributed by atoms with E-state index < -0.39 is 0 Å². The lowest BCUT2D eigenvalue weighted by Crippen LogP contribution is -2.45. The smallest absolute Gasteiger partial charge is 0.173 e. The first-order valence-electron chi connectivity index (χ1n) is 7.02. The van der Waals surface area contributed by atoms with Crippen molar-refractivity contribution in [3.8, 4) is 0 Å². The molecule has 2 heterocycles. The molecule has 0 radical (unpaired) electrons. The number of anilines is 1. The first kappa shape index (κ1) is 12.9. The third-order valence-corrected chi connectivity index (χ3v) is 4.27. The van der Waals surface area contributed by atoms with Crippen LogP contribution in [-0.2, 0) is 11.2 Å². The molecule has 2 unspecified atom stereocenters. The zero-order valence-electron chi connectivity index (χ0n) is 11.3. The van der Waals surface area contributed by atoms with E-state index in [1.54, 1.807) is 0 Å². The van der Waals surface area contributed by atoms with E-state index in [0.717, 1.165) is 31.1 Å². The van der Waals surface area contributed by atoms with Gasteiger partial charge in [0.15, 0.2) is 5.11 Å². The average Bonchev–Trinajstić information content (AvgIpc) is 3.02. The van der Waals surface area contributed by atoms with Gasteiger partial charge in [-0.2, -0.15) is 0 Å². The van der Waals surface area contributed by atoms with Gasteiger partial charge in [-0.05, 0) is 50.0 Å². The number of fused-ring (bicyclic) bond motifs is 1. The van der Waals surface area contributed by atoms with Gasteiger partial charge in [-0.1, -0.05) is 18.2 Å². The molecule has 1 aromatic rings. The predicted molar refractivity (Wildman–Crippen MR) is 81.7 cm³/mol. The SMILES string of the molecule is CC1Cc2ccccc2N1C(=S)NCC1CCCO1. The van der Waals surface area contributed by atoms with E-state index in [9.17, 15) is 0 Å². The van der Waals surface area contributed by atoms with Gasteiger partial charge in [0.1, 0.15) is 0 Å². The molecule has 0 aromatic heterocycles. The largest absolute Gasteiger partial charge is 0.376 e. The molecular weight excluding hydrogens is 256 g/mol. The zero-order valence-corrected chi connectivity index (χ0v) is 12.1. The number of nitrogens with one attached hydrogen (secondary N) is 1. The number of ether oxygens (including phenoxy) is 1. The Morgan fingerprint density at radius 2 is 2.32 bits per heavy atom. The van der Waals surface area contributed by atoms with Gasteiger partial charge in [-0.25, -0.2) is 0 Å². The quantitative estimate of drug-likeness (QED) is 0.839. The molecule has 1 aromatic carbocycles. The van der Waals surface area contributed by atoms with Crippen LogP contribution in [0.15, 0.2) is 24.3 Å². The summed E-state index contributed by atoms with van der Waals surface area (Å²) in [5.74, 6) is 0. The van der Waals surface area contributed by atoms with E-state index in [1.807, 2.05) is 0 Å². The molecule has 102 valence electrons. The van der Waals surface area contributed by atoms with E-state index in [4.69, 9.17) is 17.0 Å². The van der Waals surface area contributed by atoms with Crippen molar-refractivity contribution in [2.75, 3.05) is 18.1 Å². The maximum Gasteiger partial charge on any atom is 0.173 e. The maximum atomic E-state index is 5.62. The number of hydrogen-bond donors (Lipinski definition) is 1. The fourth-order valence-corrected chi connectivity index (χ4v) is 3.33. The first-order chi connectivity index (χ1) is 9.25. The summed E-state index contributed by atoms with van der Waals surface area (Å²) in [5, 5.41) is 4.20. The lowest BCUT2D eigenvalue weighted by molar-refractivity contribution is 0.114. The fraction of sp³-hybridized carbons (Fsp3) is 0.533. The van der Waals surface area contributed by atoms with E-state index in [1.165, 1.54) is 17.7 Å². The molecule has 1 N–H and O–H groups in total. The number of thiocarbonyl (C=S) groups is 1. The van der Waals surface area contributed by atoms with Crippen LogP contribution in [-0.4, -0.2) is 30.4 Å². The van der Waals surface area contributed by atoms with Crippen molar-refractivity contribution < 1.29 is 4.74 Å². The highest BCUT2D eigenvalue weighted by molar-refractivity contribution is 7.80. The normalized spacial score (nSPS) is 25.4. The predicted octanol–water partition coefficient (Wildman–Crippen LogP) is 2.49. The van der Waals surface area contributed by atoms with Crippen molar-refractivity contribution in [1.29, 1.82) is 0 Å². The van der Waals surface area contributed by atoms with Gasteiger partial charge in [0, 0.05) is 24.9 Å². The molecule has 19 heavy (non-hydrogen) atoms. The molecule has 3 nitrogen and oxygen atoms in total. The summed E-state index contributed by atoms with van der Waals surface area (Å²) < 4.78 is 5.62. The summed E-state index contributed by atoms with van der Waals surface area (Å²) in [6, 6.07) is 8.94. The third-order valence-electron chi connectivity index (χ3n) is 3.93. The second kappa shape index (κ2) is 5.47. The Morgan fingerprint density at radius 3 is 3.11 bits per heavy atom. The average molecular weight is 276 g/mol. The van der Waals surface area contributed by atoms with Gasteiger partial charge in [0.05, 0.1) is 6.10 Å². The zero-order chi connectivity index (χ0) is 13.2. The van der Waals surface area contributed by atoms with Crippen LogP contribution in [0.1, 0.15) is 25.3 Å². The number of hydrogen-bond acceptors (Lipinski definition) is 2. The first-order valence-corrected chi connectivity index (χ1v) is 7.43. The molecule has 0 spiro atoms. The van der Waals surface area contributed by atoms with Crippen molar-refractivity contribution in [1.82, 2.24) is 5.32 Å². The topological polar surface area (TPSA) is 24.5 Å². The maximum absolute atomic E-state index is 5.62. The minimum Gasteiger partial charge on any atom is -0.376 e. The number of benzene rings is 1. The Labute approximate surface area is 119 Å². The highest BCUT2D eigenvalue weighted by atomic mass is 32.1. The standard InChI is InChI=1S/C15H20N2OS/c1-11-9-12-5-2-3-7-14(12)17(11)15(19)16-10-13-6-4-8-18-13/h2-3,5,7,11,13H,4,6,8-10H2,1H3,(H,16,19). The molecule has 2 aliphatic rings. The van der Waals surface area contributed by atoms with Crippen molar-refractivity contribution in [2.24, 2.45) is 0 Å². The lowest BCUT2D eigenvalue weighted by Gasteiger charge is -2.26. The third kappa shape index (κ3) is 2.60. The Bertz CT molecular complexity index is 471. The molecule has 1 fully saturated rings. The van der Waals surface area contributed by atoms with Crippen LogP contribution in [0.2, 0.25) is 0 Å². The van der Waals surface area contributed by atoms with Crippen molar-refractivity contribution >= 4 is 23.0 Å². The summed E-state index contributed by atoms with van der Waals surface area (Å²) in [5.41, 5.74) is 2.64. The van der Waals surface area contributed by atoms with Gasteiger partial charge < -0.3 is 15.0 Å². The van der Waals surface area contributed by atoms with Gasteiger partial charge in [-0.3, -0.25) is 0 Å². The molecule has 0 aliphatic carbocycles. The molecule has 0 bridgehead atoms. The van der Waals surface area contributed by atoms with E-state index in [0.29, 0.717) is 12.1 Å². The number of nitrogens with zero attached hydrogens (tertiary/aromatic N) is 1. The summed E-state index contributed by atoms with van der Waals surface area (Å²) in [6.07, 6.45) is 3.70. The van der Waals surface area contributed by atoms with Crippen LogP contribution in [0.3, 0.4) is 0 Å². The second-order valence-corrected chi connectivity index (χ2v) is 5.76. The van der Waals surface area contributed by atoms with Gasteiger partial charge in [-0.15, -0.1) is 0 Å². The summed E-state index contributed by atoms with van der Waals surface area (Å²) >= 11 is 5.56. The van der Waals surface area contributed by atoms with Crippen molar-refractivity contribution in [3.63, 3.8) is 0 Å². The molecule has 2 atom stereocenters. The molecule has 3 rings (SSSR count). The number of rotatable bonds is 2. The van der Waals surface area contributed by atoms with Crippen LogP contribution in [0.5, 0.6) is 0 Å². The van der Waals surface area contributed by atoms with Crippen molar-refractivity contribution in [2.45, 2.75) is 38.3 Å². The fourth-order valence-electron chi connectivity index (χ4n) is 2.97. The van der Waals surface area contributed by atoms with Crippen LogP contribution >= 0.6 is 12.2 Å². The molecule has 2 aliphatic heterocycles. The minimum atomic E-state index is 0.325. The Balaban J connectivity index is 1.66. The van der Waals surface area contributed by atoms with Crippen molar-refractivity contribution in [3.05, 3.63) is 29.8 Å². The second-order valence-electron chi connectivity index (χ2n) is 5.37. The minimum absolute atomic E-state index is 0.325. The Hall–Kier alpha value is -1.13. The van der Waals surface area contributed by atoms with Gasteiger partial charge in [0.25, 0.3) is 0 Å². The van der Waals surface area contributed by atoms with Crippen LogP contribution in [0.4, 0.5) is 5.69 Å². The molecule has 0 saturated carbocycles. The van der Waals surface area contributed by atoms with E-state index in [-0.39, 0.29) is 0 Å². The van der Waals surface area contributed by atoms with Gasteiger partial charge >= 0.3 is 0 Å². The molecule has 1 saturated heterocycles. The number of para-hydroxylation sites is 1. The molecule has 4 heteroatoms. The highest BCUT2D eigenvalue weighted by Gasteiger charge is 2.28. The Morgan fingerprint density at radius 1 is 1.47 bits per heavy atom. The monoisotopic (exact) mass is 276 g/mol. The van der Waals surface area contributed by atoms with Gasteiger partial charge in [0.2, 0.25) is 0 Å². The molecule has 0 amide bonds. The summed E-state index contributed by atoms with van der Waals surface area (Å²) in [6.45, 7) is 3.94. The van der Waals surface area contributed by atoms with E-state index in [2.05, 4.69) is 41.4 Å². The van der Waals surface area contributed by atoms with Crippen LogP contribution in [0.25, 0.3) is 0 Å². The lowest BCUT2D eigenvalue weighted by atomic mass is 10.1. The Kier molecular flexibility index (Phi) is 3.71. The van der Waals surface area contributed by atoms with Crippen LogP contribution < -0.4 is 10.2 Å². The molecular formula is C15H20N2OS. The highest BCUT2D eigenvalue weighted by Crippen LogP contribution is 2.31. The van der Waals surface area contributed by atoms with Crippen LogP contribution in [0, 0.1) is 0 Å². The summed E-state index contributed by atoms with van der Waals surface area (Å²) in [7, 11) is 0. The van der Waals surface area contributed by atoms with E-state index >= 15 is 0 Å². The summed E-state index contributed by atoms with van der Waals surface area (Å²) in [4.78, 5) is 2.24.